The number of aromatic nitrogens is 1. The van der Waals surface area contributed by atoms with Crippen molar-refractivity contribution in [2.45, 2.75) is 209 Å². The number of hydrogen-bond donors (Lipinski definition) is 20. The topological polar surface area (TPSA) is 673 Å². The van der Waals surface area contributed by atoms with Crippen LogP contribution in [0.15, 0.2) is 54.7 Å². The van der Waals surface area contributed by atoms with Gasteiger partial charge in [0.2, 0.25) is 82.7 Å². The van der Waals surface area contributed by atoms with Crippen molar-refractivity contribution in [3.8, 4) is 0 Å². The van der Waals surface area contributed by atoms with Gasteiger partial charge in [-0.05, 0) is 69.3 Å². The molecule has 13 atom stereocenters. The number of nitrogens with zero attached hydrogens (tertiary/aromatic N) is 1. The summed E-state index contributed by atoms with van der Waals surface area (Å²) in [5.74, 6) is -28.5. The Balaban J connectivity index is 1.59. The fraction of sp³-hybridized carbons (Fsp3) is 0.528. The van der Waals surface area contributed by atoms with E-state index in [9.17, 15) is 116 Å². The monoisotopic (exact) mass is 1600 g/mol. The van der Waals surface area contributed by atoms with Crippen LogP contribution in [0.3, 0.4) is 0 Å². The number of aromatic amines is 1. The molecule has 23 N–H and O–H groups in total. The molecule has 0 aliphatic carbocycles. The van der Waals surface area contributed by atoms with Crippen LogP contribution < -0.4 is 81.0 Å². The van der Waals surface area contributed by atoms with Gasteiger partial charge < -0.3 is 111 Å². The number of fused-ring (bicyclic) bond motifs is 3. The van der Waals surface area contributed by atoms with Crippen molar-refractivity contribution in [2.75, 3.05) is 32.0 Å². The minimum atomic E-state index is -2.44. The molecule has 2 fully saturated rings. The summed E-state index contributed by atoms with van der Waals surface area (Å²) in [6, 6.07) is -9.90. The fourth-order valence-electron chi connectivity index (χ4n) is 12.2. The van der Waals surface area contributed by atoms with Gasteiger partial charge in [-0.25, -0.2) is 4.79 Å². The van der Waals surface area contributed by atoms with Gasteiger partial charge in [0.1, 0.15) is 79.1 Å². The van der Waals surface area contributed by atoms with Crippen molar-refractivity contribution < 1.29 is 121 Å². The number of unbranched alkanes of at least 4 members (excludes halogenated alkanes) is 6. The number of nitrogen functional groups attached to an aromatic ring is 1. The molecule has 0 radical (unpaired) electrons. The largest absolute Gasteiger partial charge is 0.481 e. The Morgan fingerprint density at radius 3 is 1.86 bits per heavy atom. The molecule has 2 aliphatic heterocycles. The van der Waals surface area contributed by atoms with Crippen LogP contribution in [-0.2, 0) is 102 Å². The molecule has 0 spiro atoms. The highest BCUT2D eigenvalue weighted by atomic mass is 16.5. The van der Waals surface area contributed by atoms with Gasteiger partial charge in [-0.2, -0.15) is 0 Å². The number of aliphatic hydroxyl groups is 1. The van der Waals surface area contributed by atoms with Crippen molar-refractivity contribution in [1.82, 2.24) is 73.7 Å². The number of esters is 1. The first-order valence-corrected chi connectivity index (χ1v) is 36.8. The number of nitrogens with one attached hydrogen (secondary N) is 13. The van der Waals surface area contributed by atoms with Crippen LogP contribution in [0.25, 0.3) is 10.9 Å². The van der Waals surface area contributed by atoms with Crippen molar-refractivity contribution in [3.05, 3.63) is 65.9 Å². The predicted molar refractivity (Wildman–Crippen MR) is 396 cm³/mol. The lowest BCUT2D eigenvalue weighted by Gasteiger charge is -2.30. The quantitative estimate of drug-likeness (QED) is 0.00889. The lowest BCUT2D eigenvalue weighted by atomic mass is 9.96. The Morgan fingerprint density at radius 1 is 0.614 bits per heavy atom. The van der Waals surface area contributed by atoms with Gasteiger partial charge in [0.05, 0.1) is 45.3 Å². The highest BCUT2D eigenvalue weighted by molar-refractivity contribution is 6.10. The molecule has 0 unspecified atom stereocenters. The molecule has 2 aliphatic rings. The number of carbonyl (C=O) groups excluding carboxylic acids is 17. The van der Waals surface area contributed by atoms with Gasteiger partial charge in [0.15, 0.2) is 5.78 Å². The van der Waals surface area contributed by atoms with Crippen LogP contribution in [0.4, 0.5) is 5.69 Å². The number of aliphatic carboxylic acids is 3. The van der Waals surface area contributed by atoms with E-state index >= 15 is 0 Å². The third-order valence-electron chi connectivity index (χ3n) is 18.3. The van der Waals surface area contributed by atoms with Crippen molar-refractivity contribution in [3.63, 3.8) is 0 Å². The van der Waals surface area contributed by atoms with E-state index in [2.05, 4.69) is 70.4 Å². The number of nitrogens with two attached hydrogens (primary N) is 3. The predicted octanol–water partition coefficient (Wildman–Crippen LogP) is -5.45. The smallest absolute Gasteiger partial charge is 0.329 e. The zero-order valence-electron chi connectivity index (χ0n) is 63.1. The van der Waals surface area contributed by atoms with Gasteiger partial charge in [-0.1, -0.05) is 82.7 Å². The highest BCUT2D eigenvalue weighted by Gasteiger charge is 2.44. The number of carboxylic acids is 3. The van der Waals surface area contributed by atoms with E-state index in [1.54, 1.807) is 30.5 Å². The summed E-state index contributed by atoms with van der Waals surface area (Å²) in [4.78, 5) is 278. The Hall–Kier alpha value is -12.5. The van der Waals surface area contributed by atoms with Crippen LogP contribution in [0.2, 0.25) is 0 Å². The molecule has 3 heterocycles. The number of Topliss-reactive ketones (excluding diaryl/α,β-unsaturated/α-hetero) is 1. The normalized spacial score (nSPS) is 21.8. The number of H-pyrrole nitrogens is 1. The highest BCUT2D eigenvalue weighted by Crippen LogP contribution is 2.22. The second-order valence-corrected chi connectivity index (χ2v) is 27.5. The summed E-state index contributed by atoms with van der Waals surface area (Å²) in [6.45, 7) is 1.23. The molecule has 5 rings (SSSR count). The molecule has 3 aromatic rings. The number of benzene rings is 2. The number of carbonyl (C=O) groups is 20. The first-order valence-electron chi connectivity index (χ1n) is 36.8. The van der Waals surface area contributed by atoms with Crippen LogP contribution in [-0.4, -0.2) is 247 Å². The molecule has 42 nitrogen and oxygen atoms in total. The summed E-state index contributed by atoms with van der Waals surface area (Å²) >= 11 is 0. The Labute approximate surface area is 651 Å². The maximum absolute atomic E-state index is 14.8. The Kier molecular flexibility index (Phi) is 36.5. The average molecular weight is 1600 g/mol. The zero-order chi connectivity index (χ0) is 84.6. The van der Waals surface area contributed by atoms with Crippen molar-refractivity contribution in [2.24, 2.45) is 17.4 Å². The standard InChI is InChI=1S/C72H99N17O25/c1-5-6-7-8-9-10-11-22-53(93)80-44(25-38-31-76-42-20-15-13-17-39(38)42)65(106)82-45(27-52(75)92)66(107)84-47(30-59(101)102)67(108)88-61-37(4)114-72(113)49(26-51(91)40-18-12-14-19-41(40)74)86-70(111)60(35(2)24-57(97)98)87-68(109)50(34-90)81-55(95)33-89-56(96)28-48(71(89)112)85-62(103)36(3)78-64(105)46(29-58(99)100)83-63(104)43(21-16-23-73)79-54(94)32-77-69(61)110/h12-15,17-20,31,35-37,43-50,60-61,76,90H,5-11,16,21-30,32-34,73-74H2,1-4H3,(H2,75,92)(H,77,110)(H,78,105)(H,79,94)(H,80,93)(H,81,95)(H,82,106)(H,83,104)(H,84,107)(H,85,103)(H,86,111)(H,87,109)(H,88,108)(H,97,98)(H,99,100)(H,101,102)/t35-,36-,37-,43+,44+,45-,46+,47+,48+,49-,50-,60+,61+/m1/s1. The molecule has 0 saturated carbocycles. The molecule has 114 heavy (non-hydrogen) atoms. The summed E-state index contributed by atoms with van der Waals surface area (Å²) in [5, 5.41) is 67.5. The second kappa shape index (κ2) is 45.1. The van der Waals surface area contributed by atoms with Crippen LogP contribution in [0.1, 0.15) is 146 Å². The maximum Gasteiger partial charge on any atom is 0.329 e. The number of cyclic esters (lactones) is 1. The van der Waals surface area contributed by atoms with Crippen molar-refractivity contribution >= 4 is 135 Å². The number of primary amides is 1. The summed E-state index contributed by atoms with van der Waals surface area (Å²) in [7, 11) is 0. The van der Waals surface area contributed by atoms with E-state index in [4.69, 9.17) is 21.9 Å². The molecular formula is C72H99N17O25. The SMILES string of the molecule is CCCCCCCCCC(=O)N[C@@H](Cc1c[nH]c2ccccc12)C(=O)N[C@H](CC(N)=O)C(=O)N[C@@H](CC(=O)O)C(=O)N[C@@H]1C(=O)NCC(=O)N[C@@H](CCCN)C(=O)N[C@@H](CC(=O)O)C(=O)N[C@H](C)C(=O)N[C@H]2CC(=O)N(CC(=O)N[C@H](CO)C(=O)N[C@@H]([C@H](C)CC(=O)O)C(=O)N[C@H](CC(=O)c3ccccc3N)C(=O)O[C@@H]1C)C2=O. The fourth-order valence-corrected chi connectivity index (χ4v) is 12.2. The number of hydrogen-bond acceptors (Lipinski definition) is 24. The number of amides is 15. The first-order chi connectivity index (χ1) is 53.9. The summed E-state index contributed by atoms with van der Waals surface area (Å²) < 4.78 is 5.69. The third-order valence-corrected chi connectivity index (χ3v) is 18.3. The van der Waals surface area contributed by atoms with E-state index < -0.39 is 255 Å². The van der Waals surface area contributed by atoms with Gasteiger partial charge in [0, 0.05) is 47.6 Å². The lowest BCUT2D eigenvalue weighted by Crippen LogP contribution is -2.62. The van der Waals surface area contributed by atoms with Crippen LogP contribution >= 0.6 is 0 Å². The molecule has 2 bridgehead atoms. The summed E-state index contributed by atoms with van der Waals surface area (Å²) in [5.41, 5.74) is 18.1. The minimum absolute atomic E-state index is 0.0141. The second-order valence-electron chi connectivity index (χ2n) is 27.5. The van der Waals surface area contributed by atoms with E-state index in [-0.39, 0.29) is 43.5 Å². The average Bonchev–Trinajstić information content (AvgIpc) is 1.73. The van der Waals surface area contributed by atoms with E-state index in [1.165, 1.54) is 24.3 Å². The Morgan fingerprint density at radius 2 is 1.22 bits per heavy atom. The number of anilines is 1. The van der Waals surface area contributed by atoms with E-state index in [1.807, 2.05) is 5.32 Å². The van der Waals surface area contributed by atoms with Crippen molar-refractivity contribution in [1.29, 1.82) is 0 Å². The lowest BCUT2D eigenvalue weighted by molar-refractivity contribution is -0.156. The minimum Gasteiger partial charge on any atom is -0.481 e. The van der Waals surface area contributed by atoms with Gasteiger partial charge in [0.25, 0.3) is 5.91 Å². The number of imide groups is 1. The number of ketones is 1. The molecular weight excluding hydrogens is 1500 g/mol. The first kappa shape index (κ1) is 92.1. The number of rotatable bonds is 33. The van der Waals surface area contributed by atoms with Gasteiger partial charge in [-0.3, -0.25) is 96.0 Å². The molecule has 42 heteroatoms. The van der Waals surface area contributed by atoms with E-state index in [0.717, 1.165) is 52.9 Å². The number of aliphatic hydroxyl groups excluding tert-OH is 1. The molecule has 15 amide bonds. The maximum atomic E-state index is 14.8. The molecule has 2 aromatic carbocycles. The summed E-state index contributed by atoms with van der Waals surface area (Å²) in [6.07, 6.45) is -1.75. The number of ether oxygens (including phenoxy) is 1. The van der Waals surface area contributed by atoms with Crippen LogP contribution in [0, 0.1) is 5.92 Å². The van der Waals surface area contributed by atoms with Gasteiger partial charge in [-0.15, -0.1) is 0 Å². The zero-order valence-corrected chi connectivity index (χ0v) is 63.1. The Bertz CT molecular complexity index is 4080. The van der Waals surface area contributed by atoms with Crippen LogP contribution in [0.5, 0.6) is 0 Å². The van der Waals surface area contributed by atoms with Gasteiger partial charge >= 0.3 is 23.9 Å². The molecule has 622 valence electrons. The third kappa shape index (κ3) is 29.0. The molecule has 2 saturated heterocycles. The van der Waals surface area contributed by atoms with E-state index in [0.29, 0.717) is 34.2 Å². The number of carboxylic acid groups (broad SMARTS) is 3. The molecule has 1 aromatic heterocycles. The number of para-hydroxylation sites is 2.